The van der Waals surface area contributed by atoms with Crippen molar-refractivity contribution in [1.82, 2.24) is 20.4 Å². The van der Waals surface area contributed by atoms with Gasteiger partial charge >= 0.3 is 0 Å². The Morgan fingerprint density at radius 1 is 0.917 bits per heavy atom. The fourth-order valence-electron chi connectivity index (χ4n) is 3.71. The maximum absolute atomic E-state index is 12.6. The van der Waals surface area contributed by atoms with Crippen LogP contribution in [0.3, 0.4) is 0 Å². The van der Waals surface area contributed by atoms with Gasteiger partial charge in [0, 0.05) is 37.3 Å². The number of nitrogens with zero attached hydrogens (tertiary/aromatic N) is 2. The number of amides is 5. The van der Waals surface area contributed by atoms with Crippen LogP contribution in [0.2, 0.25) is 0 Å². The van der Waals surface area contributed by atoms with Crippen molar-refractivity contribution in [2.75, 3.05) is 32.5 Å². The molecule has 0 bridgehead atoms. The second kappa shape index (κ2) is 14.1. The lowest BCUT2D eigenvalue weighted by molar-refractivity contribution is -0.137. The average Bonchev–Trinajstić information content (AvgIpc) is 3.13. The summed E-state index contributed by atoms with van der Waals surface area (Å²) in [5.74, 6) is -1.83. The molecular weight excluding hydrogens is 462 g/mol. The Bertz CT molecular complexity index is 953. The number of nitrogens with one attached hydrogen (secondary N) is 3. The Balaban J connectivity index is 1.70. The van der Waals surface area contributed by atoms with Gasteiger partial charge in [-0.15, -0.1) is 0 Å². The molecule has 1 aromatic rings. The molecule has 1 heterocycles. The lowest BCUT2D eigenvalue weighted by Crippen LogP contribution is -2.51. The van der Waals surface area contributed by atoms with Crippen molar-refractivity contribution in [2.45, 2.75) is 52.1 Å². The second-order valence-corrected chi connectivity index (χ2v) is 9.46. The van der Waals surface area contributed by atoms with Crippen LogP contribution >= 0.6 is 0 Å². The fraction of sp³-hybridized carbons (Fsp3) is 0.500. The van der Waals surface area contributed by atoms with E-state index in [-0.39, 0.29) is 42.5 Å². The third-order valence-corrected chi connectivity index (χ3v) is 5.61. The molecule has 196 valence electrons. The Hall–Kier alpha value is -3.53. The third kappa shape index (κ3) is 9.61. The van der Waals surface area contributed by atoms with Crippen LogP contribution in [-0.2, 0) is 30.5 Å². The van der Waals surface area contributed by atoms with Crippen LogP contribution in [0, 0.1) is 5.92 Å². The van der Waals surface area contributed by atoms with Gasteiger partial charge in [0.25, 0.3) is 11.8 Å². The molecule has 1 atom stereocenters. The van der Waals surface area contributed by atoms with Gasteiger partial charge in [-0.05, 0) is 50.6 Å². The van der Waals surface area contributed by atoms with Gasteiger partial charge in [0.2, 0.25) is 17.7 Å². The lowest BCUT2D eigenvalue weighted by atomic mass is 10.0. The molecule has 1 aromatic carbocycles. The standard InChI is InChI=1S/C26H37N5O5/c1-18(2)25(29-21(32)8-6-5-7-15-31-23(34)13-14-24(31)35)26(36)27-16-22(33)28-20-11-9-19(10-12-20)17-30(3)4/h9-14,18,25H,5-8,15-17H2,1-4H3,(H,27,36)(H,28,33)(H,29,32)/t25-/m0/s1. The number of carbonyl (C=O) groups is 5. The van der Waals surface area contributed by atoms with Crippen molar-refractivity contribution in [3.05, 3.63) is 42.0 Å². The Morgan fingerprint density at radius 2 is 1.56 bits per heavy atom. The predicted molar refractivity (Wildman–Crippen MR) is 137 cm³/mol. The van der Waals surface area contributed by atoms with Gasteiger partial charge in [0.1, 0.15) is 6.04 Å². The summed E-state index contributed by atoms with van der Waals surface area (Å²) in [6.07, 6.45) is 4.56. The number of imide groups is 1. The van der Waals surface area contributed by atoms with Crippen LogP contribution in [0.1, 0.15) is 45.1 Å². The van der Waals surface area contributed by atoms with Crippen LogP contribution in [0.4, 0.5) is 5.69 Å². The van der Waals surface area contributed by atoms with E-state index in [0.29, 0.717) is 31.5 Å². The number of hydrogen-bond donors (Lipinski definition) is 3. The van der Waals surface area contributed by atoms with E-state index in [1.807, 2.05) is 57.1 Å². The Kier molecular flexibility index (Phi) is 11.3. The van der Waals surface area contributed by atoms with Gasteiger partial charge in [-0.25, -0.2) is 0 Å². The highest BCUT2D eigenvalue weighted by molar-refractivity contribution is 6.12. The maximum atomic E-state index is 12.6. The number of benzene rings is 1. The molecule has 0 fully saturated rings. The van der Waals surface area contributed by atoms with E-state index in [1.165, 1.54) is 17.1 Å². The van der Waals surface area contributed by atoms with Crippen LogP contribution in [0.25, 0.3) is 0 Å². The average molecular weight is 500 g/mol. The molecule has 0 radical (unpaired) electrons. The first-order chi connectivity index (χ1) is 17.1. The molecule has 5 amide bonds. The molecule has 0 aromatic heterocycles. The van der Waals surface area contributed by atoms with Crippen molar-refractivity contribution in [2.24, 2.45) is 5.92 Å². The van der Waals surface area contributed by atoms with Crippen molar-refractivity contribution in [1.29, 1.82) is 0 Å². The summed E-state index contributed by atoms with van der Waals surface area (Å²) in [5, 5.41) is 8.09. The summed E-state index contributed by atoms with van der Waals surface area (Å²) in [6.45, 7) is 4.55. The van der Waals surface area contributed by atoms with Crippen molar-refractivity contribution in [3.63, 3.8) is 0 Å². The summed E-state index contributed by atoms with van der Waals surface area (Å²) < 4.78 is 0. The molecule has 0 unspecified atom stereocenters. The topological polar surface area (TPSA) is 128 Å². The summed E-state index contributed by atoms with van der Waals surface area (Å²) >= 11 is 0. The minimum absolute atomic E-state index is 0.166. The zero-order valence-electron chi connectivity index (χ0n) is 21.5. The quantitative estimate of drug-likeness (QED) is 0.262. The molecule has 10 heteroatoms. The second-order valence-electron chi connectivity index (χ2n) is 9.46. The van der Waals surface area contributed by atoms with Gasteiger partial charge in [0.15, 0.2) is 0 Å². The monoisotopic (exact) mass is 499 g/mol. The largest absolute Gasteiger partial charge is 0.345 e. The van der Waals surface area contributed by atoms with Gasteiger partial charge in [-0.2, -0.15) is 0 Å². The van der Waals surface area contributed by atoms with Gasteiger partial charge < -0.3 is 20.9 Å². The van der Waals surface area contributed by atoms with E-state index >= 15 is 0 Å². The van der Waals surface area contributed by atoms with Crippen LogP contribution in [0.15, 0.2) is 36.4 Å². The molecule has 2 rings (SSSR count). The fourth-order valence-corrected chi connectivity index (χ4v) is 3.71. The number of carbonyl (C=O) groups excluding carboxylic acids is 5. The van der Waals surface area contributed by atoms with E-state index in [1.54, 1.807) is 0 Å². The highest BCUT2D eigenvalue weighted by atomic mass is 16.2. The van der Waals surface area contributed by atoms with Crippen LogP contribution in [-0.4, -0.2) is 72.6 Å². The molecule has 1 aliphatic rings. The SMILES string of the molecule is CC(C)[C@H](NC(=O)CCCCCN1C(=O)C=CC1=O)C(=O)NCC(=O)Nc1ccc(CN(C)C)cc1. The van der Waals surface area contributed by atoms with E-state index < -0.39 is 11.9 Å². The van der Waals surface area contributed by atoms with E-state index in [4.69, 9.17) is 0 Å². The summed E-state index contributed by atoms with van der Waals surface area (Å²) in [5.41, 5.74) is 1.76. The summed E-state index contributed by atoms with van der Waals surface area (Å²) in [7, 11) is 3.96. The molecule has 0 aliphatic carbocycles. The molecular formula is C26H37N5O5. The third-order valence-electron chi connectivity index (χ3n) is 5.61. The molecule has 1 aliphatic heterocycles. The normalized spacial score (nSPS) is 13.9. The van der Waals surface area contributed by atoms with Crippen molar-refractivity contribution >= 4 is 35.2 Å². The molecule has 36 heavy (non-hydrogen) atoms. The molecule has 0 spiro atoms. The smallest absolute Gasteiger partial charge is 0.253 e. The predicted octanol–water partition coefficient (Wildman–Crippen LogP) is 1.43. The first kappa shape index (κ1) is 28.7. The molecule has 0 saturated carbocycles. The van der Waals surface area contributed by atoms with Crippen molar-refractivity contribution < 1.29 is 24.0 Å². The van der Waals surface area contributed by atoms with E-state index in [0.717, 1.165) is 12.1 Å². The number of anilines is 1. The van der Waals surface area contributed by atoms with Crippen LogP contribution in [0.5, 0.6) is 0 Å². The first-order valence-corrected chi connectivity index (χ1v) is 12.2. The minimum Gasteiger partial charge on any atom is -0.345 e. The van der Waals surface area contributed by atoms with Gasteiger partial charge in [-0.3, -0.25) is 28.9 Å². The van der Waals surface area contributed by atoms with Gasteiger partial charge in [0.05, 0.1) is 6.54 Å². The van der Waals surface area contributed by atoms with E-state index in [9.17, 15) is 24.0 Å². The Morgan fingerprint density at radius 3 is 2.14 bits per heavy atom. The highest BCUT2D eigenvalue weighted by Gasteiger charge is 2.25. The first-order valence-electron chi connectivity index (χ1n) is 12.2. The number of hydrogen-bond acceptors (Lipinski definition) is 6. The van der Waals surface area contributed by atoms with Crippen LogP contribution < -0.4 is 16.0 Å². The minimum atomic E-state index is -0.762. The molecule has 0 saturated heterocycles. The molecule has 10 nitrogen and oxygen atoms in total. The number of rotatable bonds is 14. The van der Waals surface area contributed by atoms with Gasteiger partial charge in [-0.1, -0.05) is 32.4 Å². The lowest BCUT2D eigenvalue weighted by Gasteiger charge is -2.21. The maximum Gasteiger partial charge on any atom is 0.253 e. The number of unbranched alkanes of at least 4 members (excludes halogenated alkanes) is 2. The summed E-state index contributed by atoms with van der Waals surface area (Å²) in [4.78, 5) is 63.5. The summed E-state index contributed by atoms with van der Waals surface area (Å²) in [6, 6.07) is 6.73. The van der Waals surface area contributed by atoms with Crippen molar-refractivity contribution in [3.8, 4) is 0 Å². The highest BCUT2D eigenvalue weighted by Crippen LogP contribution is 2.11. The zero-order valence-corrected chi connectivity index (χ0v) is 21.5. The Labute approximate surface area is 212 Å². The van der Waals surface area contributed by atoms with E-state index in [2.05, 4.69) is 16.0 Å². The zero-order chi connectivity index (χ0) is 26.7. The molecule has 3 N–H and O–H groups in total.